The van der Waals surface area contributed by atoms with E-state index < -0.39 is 5.97 Å². The number of nitrogens with one attached hydrogen (secondary N) is 1. The molecule has 0 bridgehead atoms. The Morgan fingerprint density at radius 2 is 1.97 bits per heavy atom. The Morgan fingerprint density at radius 3 is 2.68 bits per heavy atom. The number of hydrogen-bond acceptors (Lipinski definition) is 8. The second kappa shape index (κ2) is 10.5. The van der Waals surface area contributed by atoms with Crippen molar-refractivity contribution in [2.75, 3.05) is 18.2 Å². The molecule has 0 atom stereocenters. The smallest absolute Gasteiger partial charge is 0.341 e. The average molecular weight is 513 g/mol. The Hall–Kier alpha value is -2.95. The van der Waals surface area contributed by atoms with Crippen LogP contribution in [0.4, 0.5) is 5.00 Å². The number of nitrogens with zero attached hydrogens (tertiary/aromatic N) is 3. The molecule has 10 heteroatoms. The van der Waals surface area contributed by atoms with E-state index >= 15 is 0 Å². The standard InChI is InChI=1S/C24H24N4O3S3/c1-5-28-21(18-7-6-10-32-18)26-27-24(28)34-13-19(29)25-22-20(23(30)31-4)17(12-33-22)16-11-14(2)8-9-15(16)3/h6-12H,5,13H2,1-4H3,(H,25,29). The summed E-state index contributed by atoms with van der Waals surface area (Å²) in [7, 11) is 1.34. The number of esters is 1. The first-order valence-electron chi connectivity index (χ1n) is 10.6. The Labute approximate surface area is 210 Å². The number of carbonyl (C=O) groups is 2. The second-order valence-electron chi connectivity index (χ2n) is 7.53. The number of anilines is 1. The molecule has 1 N–H and O–H groups in total. The van der Waals surface area contributed by atoms with Crippen LogP contribution in [-0.2, 0) is 16.1 Å². The average Bonchev–Trinajstić information content (AvgIpc) is 3.58. The summed E-state index contributed by atoms with van der Waals surface area (Å²) >= 11 is 4.23. The van der Waals surface area contributed by atoms with Crippen molar-refractivity contribution in [3.05, 3.63) is 57.8 Å². The third-order valence-corrected chi connectivity index (χ3v) is 7.95. The van der Waals surface area contributed by atoms with Gasteiger partial charge in [-0.1, -0.05) is 41.6 Å². The fourth-order valence-corrected chi connectivity index (χ4v) is 6.02. The van der Waals surface area contributed by atoms with Crippen molar-refractivity contribution < 1.29 is 14.3 Å². The zero-order valence-corrected chi connectivity index (χ0v) is 21.7. The number of thioether (sulfide) groups is 1. The summed E-state index contributed by atoms with van der Waals surface area (Å²) in [6.45, 7) is 6.72. The molecule has 0 saturated carbocycles. The lowest BCUT2D eigenvalue weighted by molar-refractivity contribution is -0.113. The highest BCUT2D eigenvalue weighted by molar-refractivity contribution is 7.99. The fraction of sp³-hybridized carbons (Fsp3) is 0.250. The van der Waals surface area contributed by atoms with E-state index in [1.807, 2.05) is 66.4 Å². The van der Waals surface area contributed by atoms with Crippen LogP contribution in [0.3, 0.4) is 0 Å². The van der Waals surface area contributed by atoms with E-state index in [4.69, 9.17) is 4.74 Å². The van der Waals surface area contributed by atoms with Crippen molar-refractivity contribution in [2.45, 2.75) is 32.5 Å². The van der Waals surface area contributed by atoms with Crippen molar-refractivity contribution >= 4 is 51.3 Å². The van der Waals surface area contributed by atoms with Gasteiger partial charge in [-0.3, -0.25) is 4.79 Å². The second-order valence-corrected chi connectivity index (χ2v) is 10.3. The van der Waals surface area contributed by atoms with Crippen LogP contribution in [0, 0.1) is 13.8 Å². The van der Waals surface area contributed by atoms with Crippen molar-refractivity contribution in [3.63, 3.8) is 0 Å². The van der Waals surface area contributed by atoms with Gasteiger partial charge in [0.05, 0.1) is 17.7 Å². The molecule has 4 rings (SSSR count). The number of benzene rings is 1. The van der Waals surface area contributed by atoms with Gasteiger partial charge in [-0.05, 0) is 43.3 Å². The fourth-order valence-electron chi connectivity index (χ4n) is 3.54. The minimum absolute atomic E-state index is 0.139. The number of methoxy groups -OCH3 is 1. The van der Waals surface area contributed by atoms with Crippen molar-refractivity contribution in [1.29, 1.82) is 0 Å². The van der Waals surface area contributed by atoms with E-state index in [1.54, 1.807) is 11.3 Å². The molecular weight excluding hydrogens is 488 g/mol. The van der Waals surface area contributed by atoms with Crippen molar-refractivity contribution in [3.8, 4) is 21.8 Å². The van der Waals surface area contributed by atoms with E-state index in [0.29, 0.717) is 22.3 Å². The van der Waals surface area contributed by atoms with Crippen molar-refractivity contribution in [1.82, 2.24) is 14.8 Å². The largest absolute Gasteiger partial charge is 0.465 e. The van der Waals surface area contributed by atoms with Gasteiger partial charge in [0.2, 0.25) is 5.91 Å². The van der Waals surface area contributed by atoms with Crippen LogP contribution in [0.2, 0.25) is 0 Å². The molecule has 3 heterocycles. The molecule has 0 fully saturated rings. The molecule has 0 spiro atoms. The van der Waals surface area contributed by atoms with Crippen LogP contribution >= 0.6 is 34.4 Å². The Bertz CT molecular complexity index is 1330. The summed E-state index contributed by atoms with van der Waals surface area (Å²) in [6.07, 6.45) is 0. The lowest BCUT2D eigenvalue weighted by atomic mass is 9.97. The zero-order chi connectivity index (χ0) is 24.2. The van der Waals surface area contributed by atoms with Gasteiger partial charge in [-0.25, -0.2) is 4.79 Å². The Kier molecular flexibility index (Phi) is 7.50. The number of hydrogen-bond donors (Lipinski definition) is 1. The van der Waals surface area contributed by atoms with Crippen LogP contribution in [0.15, 0.2) is 46.2 Å². The summed E-state index contributed by atoms with van der Waals surface area (Å²) in [5, 5.41) is 16.5. The molecule has 1 amide bonds. The highest BCUT2D eigenvalue weighted by Crippen LogP contribution is 2.38. The highest BCUT2D eigenvalue weighted by Gasteiger charge is 2.24. The molecule has 3 aromatic heterocycles. The number of thiophene rings is 2. The Balaban J connectivity index is 1.53. The van der Waals surface area contributed by atoms with E-state index in [-0.39, 0.29) is 11.7 Å². The van der Waals surface area contributed by atoms with Crippen LogP contribution in [0.25, 0.3) is 21.8 Å². The summed E-state index contributed by atoms with van der Waals surface area (Å²) < 4.78 is 7.03. The number of amides is 1. The van der Waals surface area contributed by atoms with E-state index in [1.165, 1.54) is 30.2 Å². The third kappa shape index (κ3) is 4.94. The molecule has 0 unspecified atom stereocenters. The number of rotatable bonds is 8. The topological polar surface area (TPSA) is 86.1 Å². The van der Waals surface area contributed by atoms with Crippen LogP contribution < -0.4 is 5.32 Å². The molecule has 34 heavy (non-hydrogen) atoms. The van der Waals surface area contributed by atoms with Crippen molar-refractivity contribution in [2.24, 2.45) is 0 Å². The first-order chi connectivity index (χ1) is 16.4. The molecule has 0 saturated heterocycles. The molecule has 0 aliphatic heterocycles. The number of ether oxygens (including phenoxy) is 1. The van der Waals surface area contributed by atoms with E-state index in [9.17, 15) is 9.59 Å². The highest BCUT2D eigenvalue weighted by atomic mass is 32.2. The zero-order valence-electron chi connectivity index (χ0n) is 19.2. The lowest BCUT2D eigenvalue weighted by Gasteiger charge is -2.10. The van der Waals surface area contributed by atoms with Gasteiger partial charge < -0.3 is 14.6 Å². The maximum absolute atomic E-state index is 12.8. The van der Waals surface area contributed by atoms with Gasteiger partial charge in [0.25, 0.3) is 0 Å². The normalized spacial score (nSPS) is 10.9. The van der Waals surface area contributed by atoms with Gasteiger partial charge in [-0.15, -0.1) is 32.9 Å². The third-order valence-electron chi connectivity index (χ3n) is 5.22. The number of aromatic nitrogens is 3. The minimum Gasteiger partial charge on any atom is -0.465 e. The number of carbonyl (C=O) groups excluding carboxylic acids is 2. The minimum atomic E-state index is -0.480. The molecule has 0 aliphatic carbocycles. The monoisotopic (exact) mass is 512 g/mol. The summed E-state index contributed by atoms with van der Waals surface area (Å²) in [4.78, 5) is 26.5. The quantitative estimate of drug-likeness (QED) is 0.234. The summed E-state index contributed by atoms with van der Waals surface area (Å²) in [6, 6.07) is 10.1. The van der Waals surface area contributed by atoms with Gasteiger partial charge >= 0.3 is 5.97 Å². The van der Waals surface area contributed by atoms with Gasteiger partial charge in [0, 0.05) is 17.5 Å². The molecule has 1 aromatic carbocycles. The predicted octanol–water partition coefficient (Wildman–Crippen LogP) is 5.89. The van der Waals surface area contributed by atoms with Gasteiger partial charge in [0.1, 0.15) is 10.6 Å². The summed E-state index contributed by atoms with van der Waals surface area (Å²) in [5.74, 6) is 0.226. The molecule has 0 aliphatic rings. The SMILES string of the molecule is CCn1c(SCC(=O)Nc2scc(-c3cc(C)ccc3C)c2C(=O)OC)nnc1-c1cccs1. The number of aryl methyl sites for hydroxylation is 2. The Morgan fingerprint density at radius 1 is 1.15 bits per heavy atom. The van der Waals surface area contributed by atoms with Crippen LogP contribution in [0.5, 0.6) is 0 Å². The van der Waals surface area contributed by atoms with E-state index in [0.717, 1.165) is 33.0 Å². The first kappa shape index (κ1) is 24.2. The molecule has 176 valence electrons. The predicted molar refractivity (Wildman–Crippen MR) is 139 cm³/mol. The van der Waals surface area contributed by atoms with Crippen LogP contribution in [-0.4, -0.2) is 39.5 Å². The summed E-state index contributed by atoms with van der Waals surface area (Å²) in [5.41, 5.74) is 4.21. The first-order valence-corrected chi connectivity index (χ1v) is 13.3. The maximum atomic E-state index is 12.8. The molecular formula is C24H24N4O3S3. The molecule has 4 aromatic rings. The van der Waals surface area contributed by atoms with Crippen LogP contribution in [0.1, 0.15) is 28.4 Å². The van der Waals surface area contributed by atoms with Gasteiger partial charge in [-0.2, -0.15) is 0 Å². The van der Waals surface area contributed by atoms with Gasteiger partial charge in [0.15, 0.2) is 11.0 Å². The molecule has 0 radical (unpaired) electrons. The molecule has 7 nitrogen and oxygen atoms in total. The maximum Gasteiger partial charge on any atom is 0.341 e. The van der Waals surface area contributed by atoms with E-state index in [2.05, 4.69) is 15.5 Å². The lowest BCUT2D eigenvalue weighted by Crippen LogP contribution is -2.16.